The number of thioether (sulfide) groups is 1. The van der Waals surface area contributed by atoms with Gasteiger partial charge >= 0.3 is 5.97 Å². The van der Waals surface area contributed by atoms with Crippen molar-refractivity contribution in [3.63, 3.8) is 0 Å². The molecule has 1 fully saturated rings. The molecule has 146 valence electrons. The molecular formula is C18H24N4O4S. The second kappa shape index (κ2) is 9.96. The molecule has 1 aromatic carbocycles. The number of amides is 2. The van der Waals surface area contributed by atoms with Crippen molar-refractivity contribution in [1.82, 2.24) is 15.6 Å². The van der Waals surface area contributed by atoms with Gasteiger partial charge in [0.25, 0.3) is 0 Å². The van der Waals surface area contributed by atoms with Gasteiger partial charge in [-0.3, -0.25) is 15.0 Å². The number of hydrazone groups is 1. The maximum Gasteiger partial charge on any atom is 0.333 e. The number of nitrogens with zero attached hydrogens (tertiary/aromatic N) is 2. The summed E-state index contributed by atoms with van der Waals surface area (Å²) in [5, 5.41) is 6.78. The molecular weight excluding hydrogens is 368 g/mol. The van der Waals surface area contributed by atoms with Crippen LogP contribution in [0.4, 0.5) is 0 Å². The molecule has 0 spiro atoms. The second-order valence-corrected chi connectivity index (χ2v) is 7.10. The lowest BCUT2D eigenvalue weighted by Crippen LogP contribution is -2.47. The van der Waals surface area contributed by atoms with Crippen molar-refractivity contribution >= 4 is 35.3 Å². The largest absolute Gasteiger partial charge is 0.464 e. The van der Waals surface area contributed by atoms with E-state index in [0.717, 1.165) is 5.71 Å². The maximum atomic E-state index is 12.5. The SMILES string of the molecule is CCOC(=O)C(NC(=O)CN1C(=O)CSC1NN=C(C)C)c1ccccc1. The van der Waals surface area contributed by atoms with Gasteiger partial charge in [0, 0.05) is 5.71 Å². The van der Waals surface area contributed by atoms with Gasteiger partial charge in [-0.1, -0.05) is 30.3 Å². The van der Waals surface area contributed by atoms with Gasteiger partial charge in [-0.05, 0) is 26.3 Å². The molecule has 2 amide bonds. The highest BCUT2D eigenvalue weighted by Gasteiger charge is 2.34. The average molecular weight is 392 g/mol. The Bertz CT molecular complexity index is 707. The summed E-state index contributed by atoms with van der Waals surface area (Å²) in [6.07, 6.45) is 0. The summed E-state index contributed by atoms with van der Waals surface area (Å²) >= 11 is 1.36. The number of hydrogen-bond acceptors (Lipinski definition) is 7. The van der Waals surface area contributed by atoms with E-state index in [1.165, 1.54) is 16.7 Å². The highest BCUT2D eigenvalue weighted by atomic mass is 32.2. The molecule has 0 saturated carbocycles. The molecule has 9 heteroatoms. The third kappa shape index (κ3) is 5.99. The predicted molar refractivity (Wildman–Crippen MR) is 104 cm³/mol. The molecule has 1 aliphatic rings. The Morgan fingerprint density at radius 1 is 1.33 bits per heavy atom. The van der Waals surface area contributed by atoms with E-state index >= 15 is 0 Å². The lowest BCUT2D eigenvalue weighted by Gasteiger charge is -2.24. The van der Waals surface area contributed by atoms with Crippen LogP contribution in [0.5, 0.6) is 0 Å². The predicted octanol–water partition coefficient (Wildman–Crippen LogP) is 1.25. The molecule has 0 bridgehead atoms. The van der Waals surface area contributed by atoms with Gasteiger partial charge in [0.15, 0.2) is 11.5 Å². The fraction of sp³-hybridized carbons (Fsp3) is 0.444. The molecule has 2 atom stereocenters. The van der Waals surface area contributed by atoms with Gasteiger partial charge in [-0.2, -0.15) is 5.10 Å². The van der Waals surface area contributed by atoms with Gasteiger partial charge in [0.1, 0.15) is 6.54 Å². The van der Waals surface area contributed by atoms with Crippen molar-refractivity contribution < 1.29 is 19.1 Å². The number of carbonyl (C=O) groups excluding carboxylic acids is 3. The highest BCUT2D eigenvalue weighted by Crippen LogP contribution is 2.22. The monoisotopic (exact) mass is 392 g/mol. The smallest absolute Gasteiger partial charge is 0.333 e. The normalized spacial score (nSPS) is 17.2. The zero-order chi connectivity index (χ0) is 19.8. The minimum atomic E-state index is -0.925. The van der Waals surface area contributed by atoms with Crippen LogP contribution < -0.4 is 10.7 Å². The highest BCUT2D eigenvalue weighted by molar-refractivity contribution is 8.00. The van der Waals surface area contributed by atoms with E-state index in [4.69, 9.17) is 4.74 Å². The third-order valence-electron chi connectivity index (χ3n) is 3.64. The van der Waals surface area contributed by atoms with Crippen molar-refractivity contribution in [3.05, 3.63) is 35.9 Å². The van der Waals surface area contributed by atoms with Crippen LogP contribution in [0.3, 0.4) is 0 Å². The molecule has 2 N–H and O–H groups in total. The van der Waals surface area contributed by atoms with E-state index in [9.17, 15) is 14.4 Å². The number of rotatable bonds is 8. The Morgan fingerprint density at radius 3 is 2.67 bits per heavy atom. The van der Waals surface area contributed by atoms with Crippen LogP contribution >= 0.6 is 11.8 Å². The van der Waals surface area contributed by atoms with E-state index in [1.54, 1.807) is 31.2 Å². The van der Waals surface area contributed by atoms with E-state index in [1.807, 2.05) is 19.9 Å². The lowest BCUT2D eigenvalue weighted by molar-refractivity contribution is -0.148. The van der Waals surface area contributed by atoms with Crippen LogP contribution in [-0.2, 0) is 19.1 Å². The number of carbonyl (C=O) groups is 3. The first-order valence-corrected chi connectivity index (χ1v) is 9.65. The molecule has 8 nitrogen and oxygen atoms in total. The van der Waals surface area contributed by atoms with E-state index in [2.05, 4.69) is 15.8 Å². The quantitative estimate of drug-likeness (QED) is 0.392. The summed E-state index contributed by atoms with van der Waals surface area (Å²) in [6, 6.07) is 7.93. The molecule has 27 heavy (non-hydrogen) atoms. The first kappa shape index (κ1) is 20.8. The van der Waals surface area contributed by atoms with Crippen molar-refractivity contribution in [2.75, 3.05) is 18.9 Å². The van der Waals surface area contributed by atoms with Crippen molar-refractivity contribution in [2.24, 2.45) is 5.10 Å². The summed E-state index contributed by atoms with van der Waals surface area (Å²) in [4.78, 5) is 38.3. The summed E-state index contributed by atoms with van der Waals surface area (Å²) in [7, 11) is 0. The van der Waals surface area contributed by atoms with Gasteiger partial charge in [0.05, 0.1) is 12.4 Å². The van der Waals surface area contributed by atoms with E-state index in [-0.39, 0.29) is 24.8 Å². The Labute approximate surface area is 162 Å². The van der Waals surface area contributed by atoms with E-state index < -0.39 is 23.4 Å². The Hall–Kier alpha value is -2.55. The second-order valence-electron chi connectivity index (χ2n) is 6.04. The van der Waals surface area contributed by atoms with Crippen LogP contribution in [0.25, 0.3) is 0 Å². The summed E-state index contributed by atoms with van der Waals surface area (Å²) in [5.41, 5.74) is 3.89. The van der Waals surface area contributed by atoms with Gasteiger partial charge in [0.2, 0.25) is 11.8 Å². The molecule has 1 saturated heterocycles. The molecule has 1 aromatic rings. The third-order valence-corrected chi connectivity index (χ3v) is 4.73. The van der Waals surface area contributed by atoms with Crippen LogP contribution in [0, 0.1) is 0 Å². The first-order valence-electron chi connectivity index (χ1n) is 8.60. The van der Waals surface area contributed by atoms with Crippen LogP contribution in [0.15, 0.2) is 35.4 Å². The van der Waals surface area contributed by atoms with Crippen LogP contribution in [0.2, 0.25) is 0 Å². The van der Waals surface area contributed by atoms with Crippen molar-refractivity contribution in [2.45, 2.75) is 32.3 Å². The molecule has 2 unspecified atom stereocenters. The molecule has 2 rings (SSSR count). The van der Waals surface area contributed by atoms with Crippen molar-refractivity contribution in [1.29, 1.82) is 0 Å². The van der Waals surface area contributed by atoms with Gasteiger partial charge < -0.3 is 15.0 Å². The summed E-state index contributed by atoms with van der Waals surface area (Å²) < 4.78 is 5.07. The van der Waals surface area contributed by atoms with Gasteiger partial charge in [-0.15, -0.1) is 11.8 Å². The number of nitrogens with one attached hydrogen (secondary N) is 2. The van der Waals surface area contributed by atoms with Crippen LogP contribution in [0.1, 0.15) is 32.4 Å². The Kier molecular flexibility index (Phi) is 7.66. The van der Waals surface area contributed by atoms with E-state index in [0.29, 0.717) is 5.56 Å². The summed E-state index contributed by atoms with van der Waals surface area (Å²) in [5.74, 6) is -0.885. The standard InChI is InChI=1S/C18H24N4O4S/c1-4-26-17(25)16(13-8-6-5-7-9-13)19-14(23)10-22-15(24)11-27-18(22)21-20-12(2)3/h5-9,16,18,21H,4,10-11H2,1-3H3,(H,19,23). The number of ether oxygens (including phenoxy) is 1. The molecule has 0 aromatic heterocycles. The minimum absolute atomic E-state index is 0.163. The molecule has 0 radical (unpaired) electrons. The minimum Gasteiger partial charge on any atom is -0.464 e. The van der Waals surface area contributed by atoms with Gasteiger partial charge in [-0.25, -0.2) is 4.79 Å². The van der Waals surface area contributed by atoms with Crippen molar-refractivity contribution in [3.8, 4) is 0 Å². The Balaban J connectivity index is 2.07. The fourth-order valence-corrected chi connectivity index (χ4v) is 3.39. The number of hydrogen-bond donors (Lipinski definition) is 2. The average Bonchev–Trinajstić information content (AvgIpc) is 2.98. The fourth-order valence-electron chi connectivity index (χ4n) is 2.43. The zero-order valence-electron chi connectivity index (χ0n) is 15.6. The number of esters is 1. The summed E-state index contributed by atoms with van der Waals surface area (Å²) in [6.45, 7) is 5.39. The zero-order valence-corrected chi connectivity index (χ0v) is 16.4. The molecule has 1 heterocycles. The molecule has 1 aliphatic heterocycles. The maximum absolute atomic E-state index is 12.5. The van der Waals surface area contributed by atoms with Crippen LogP contribution in [-0.4, -0.2) is 52.8 Å². The Morgan fingerprint density at radius 2 is 2.04 bits per heavy atom. The first-order chi connectivity index (χ1) is 12.9. The number of benzene rings is 1. The molecule has 0 aliphatic carbocycles. The lowest BCUT2D eigenvalue weighted by atomic mass is 10.1. The topological polar surface area (TPSA) is 100 Å².